The molecule has 282 valence electrons. The lowest BCUT2D eigenvalue weighted by molar-refractivity contribution is 1.18. The highest BCUT2D eigenvalue weighted by Gasteiger charge is 2.20. The van der Waals surface area contributed by atoms with Gasteiger partial charge >= 0.3 is 0 Å². The second-order valence-corrected chi connectivity index (χ2v) is 15.3. The minimum absolute atomic E-state index is 1.08. The zero-order valence-corrected chi connectivity index (χ0v) is 33.0. The van der Waals surface area contributed by atoms with E-state index in [1.165, 1.54) is 71.6 Å². The molecule has 2 nitrogen and oxygen atoms in total. The molecule has 0 bridgehead atoms. The van der Waals surface area contributed by atoms with E-state index in [1.807, 2.05) is 0 Å². The summed E-state index contributed by atoms with van der Waals surface area (Å²) in [7, 11) is 0. The summed E-state index contributed by atoms with van der Waals surface area (Å²) in [6.07, 6.45) is 0. The minimum Gasteiger partial charge on any atom is -0.310 e. The fourth-order valence-corrected chi connectivity index (χ4v) is 9.02. The quantitative estimate of drug-likeness (QED) is 0.150. The van der Waals surface area contributed by atoms with Crippen molar-refractivity contribution in [2.24, 2.45) is 0 Å². The van der Waals surface area contributed by atoms with E-state index in [0.717, 1.165) is 28.3 Å². The smallest absolute Gasteiger partial charge is 0.0561 e. The van der Waals surface area contributed by atoms with E-state index in [9.17, 15) is 0 Å². The first kappa shape index (κ1) is 35.2. The van der Waals surface area contributed by atoms with Gasteiger partial charge in [-0.25, -0.2) is 0 Å². The average molecular weight is 765 g/mol. The molecule has 1 heterocycles. The second-order valence-electron chi connectivity index (χ2n) is 15.3. The first-order valence-corrected chi connectivity index (χ1v) is 20.6. The molecular weight excluding hydrogens is 725 g/mol. The summed E-state index contributed by atoms with van der Waals surface area (Å²) in [4.78, 5) is 2.41. The van der Waals surface area contributed by atoms with Crippen LogP contribution in [0.3, 0.4) is 0 Å². The molecular formula is C58H40N2. The first-order valence-electron chi connectivity index (χ1n) is 20.6. The molecule has 0 unspecified atom stereocenters. The molecule has 0 aliphatic rings. The van der Waals surface area contributed by atoms with Crippen LogP contribution in [0.4, 0.5) is 17.1 Å². The maximum absolute atomic E-state index is 2.41. The van der Waals surface area contributed by atoms with Gasteiger partial charge in [0.1, 0.15) is 0 Å². The Hall–Kier alpha value is -7.94. The summed E-state index contributed by atoms with van der Waals surface area (Å²) in [5.74, 6) is 0. The molecule has 0 N–H and O–H groups in total. The van der Waals surface area contributed by atoms with Crippen molar-refractivity contribution in [3.63, 3.8) is 0 Å². The molecule has 0 aliphatic heterocycles. The van der Waals surface area contributed by atoms with Gasteiger partial charge in [-0.2, -0.15) is 0 Å². The zero-order valence-electron chi connectivity index (χ0n) is 33.0. The van der Waals surface area contributed by atoms with Gasteiger partial charge in [-0.05, 0) is 110 Å². The van der Waals surface area contributed by atoms with Gasteiger partial charge in [-0.15, -0.1) is 0 Å². The highest BCUT2D eigenvalue weighted by atomic mass is 15.1. The summed E-state index contributed by atoms with van der Waals surface area (Å²) in [5.41, 5.74) is 16.3. The molecule has 0 saturated heterocycles. The molecule has 11 rings (SSSR count). The maximum Gasteiger partial charge on any atom is 0.0561 e. The fraction of sp³-hybridized carbons (Fsp3) is 0. The van der Waals surface area contributed by atoms with Crippen molar-refractivity contribution in [2.75, 3.05) is 4.90 Å². The fourth-order valence-electron chi connectivity index (χ4n) is 9.02. The van der Waals surface area contributed by atoms with Gasteiger partial charge in [0.2, 0.25) is 0 Å². The first-order chi connectivity index (χ1) is 29.8. The maximum atomic E-state index is 2.41. The molecule has 0 radical (unpaired) electrons. The highest BCUT2D eigenvalue weighted by Crippen LogP contribution is 2.44. The Morgan fingerprint density at radius 2 is 0.783 bits per heavy atom. The lowest BCUT2D eigenvalue weighted by atomic mass is 9.89. The van der Waals surface area contributed by atoms with Crippen LogP contribution < -0.4 is 4.90 Å². The summed E-state index contributed by atoms with van der Waals surface area (Å²) < 4.78 is 2.40. The van der Waals surface area contributed by atoms with Crippen LogP contribution in [0.1, 0.15) is 0 Å². The van der Waals surface area contributed by atoms with Gasteiger partial charge in [-0.1, -0.05) is 188 Å². The van der Waals surface area contributed by atoms with Gasteiger partial charge in [0, 0.05) is 33.5 Å². The number of fused-ring (bicyclic) bond motifs is 4. The Bertz CT molecular complexity index is 3280. The molecule has 2 heteroatoms. The van der Waals surface area contributed by atoms with Crippen molar-refractivity contribution in [2.45, 2.75) is 0 Å². The number of nitrogens with zero attached hydrogens (tertiary/aromatic N) is 2. The number of hydrogen-bond donors (Lipinski definition) is 0. The largest absolute Gasteiger partial charge is 0.310 e. The van der Waals surface area contributed by atoms with Gasteiger partial charge in [0.25, 0.3) is 0 Å². The number of para-hydroxylation sites is 2. The van der Waals surface area contributed by atoms with E-state index in [-0.39, 0.29) is 0 Å². The third-order valence-corrected chi connectivity index (χ3v) is 11.8. The Kier molecular flexibility index (Phi) is 8.87. The predicted molar refractivity (Wildman–Crippen MR) is 255 cm³/mol. The third-order valence-electron chi connectivity index (χ3n) is 11.8. The van der Waals surface area contributed by atoms with Crippen molar-refractivity contribution in [1.82, 2.24) is 4.57 Å². The Morgan fingerprint density at radius 3 is 1.50 bits per heavy atom. The molecule has 0 fully saturated rings. The van der Waals surface area contributed by atoms with Crippen LogP contribution in [0.15, 0.2) is 243 Å². The summed E-state index contributed by atoms with van der Waals surface area (Å²) in [6, 6.07) is 87.9. The molecule has 0 amide bonds. The Morgan fingerprint density at radius 1 is 0.283 bits per heavy atom. The van der Waals surface area contributed by atoms with Crippen LogP contribution >= 0.6 is 0 Å². The van der Waals surface area contributed by atoms with E-state index >= 15 is 0 Å². The number of anilines is 3. The summed E-state index contributed by atoms with van der Waals surface area (Å²) in [6.45, 7) is 0. The number of hydrogen-bond acceptors (Lipinski definition) is 1. The highest BCUT2D eigenvalue weighted by molar-refractivity contribution is 6.10. The lowest BCUT2D eigenvalue weighted by Crippen LogP contribution is -2.10. The van der Waals surface area contributed by atoms with Crippen LogP contribution in [-0.2, 0) is 0 Å². The Balaban J connectivity index is 1.13. The molecule has 1 aromatic heterocycles. The van der Waals surface area contributed by atoms with Gasteiger partial charge in [-0.3, -0.25) is 0 Å². The molecule has 0 atom stereocenters. The van der Waals surface area contributed by atoms with Crippen molar-refractivity contribution >= 4 is 49.6 Å². The van der Waals surface area contributed by atoms with Gasteiger partial charge in [0.05, 0.1) is 11.0 Å². The molecule has 0 aliphatic carbocycles. The van der Waals surface area contributed by atoms with Crippen LogP contribution in [0.2, 0.25) is 0 Å². The summed E-state index contributed by atoms with van der Waals surface area (Å²) >= 11 is 0. The Labute approximate surface area is 350 Å². The van der Waals surface area contributed by atoms with Crippen molar-refractivity contribution < 1.29 is 0 Å². The number of rotatable bonds is 8. The molecule has 0 spiro atoms. The number of aromatic nitrogens is 1. The average Bonchev–Trinajstić information content (AvgIpc) is 3.66. The SMILES string of the molecule is c1ccc(-c2ccc(N(c3ccc(-c4ccc5ccccc5c4-c4ccccc4)cc3)c3ccc4c5ccccc5n(-c5ccccc5)c4c3)cc2-c2ccccc2)cc1. The number of benzene rings is 10. The lowest BCUT2D eigenvalue weighted by Gasteiger charge is -2.27. The van der Waals surface area contributed by atoms with Crippen LogP contribution in [0.5, 0.6) is 0 Å². The predicted octanol–water partition coefficient (Wildman–Crippen LogP) is 16.1. The van der Waals surface area contributed by atoms with E-state index in [2.05, 4.69) is 252 Å². The van der Waals surface area contributed by atoms with E-state index in [4.69, 9.17) is 0 Å². The molecule has 11 aromatic rings. The van der Waals surface area contributed by atoms with Crippen LogP contribution in [0.25, 0.3) is 82.8 Å². The molecule has 60 heavy (non-hydrogen) atoms. The minimum atomic E-state index is 1.08. The zero-order chi connectivity index (χ0) is 39.8. The molecule has 10 aromatic carbocycles. The van der Waals surface area contributed by atoms with Crippen molar-refractivity contribution in [1.29, 1.82) is 0 Å². The van der Waals surface area contributed by atoms with E-state index in [1.54, 1.807) is 0 Å². The van der Waals surface area contributed by atoms with Crippen molar-refractivity contribution in [3.05, 3.63) is 243 Å². The topological polar surface area (TPSA) is 8.17 Å². The van der Waals surface area contributed by atoms with E-state index in [0.29, 0.717) is 0 Å². The third kappa shape index (κ3) is 6.23. The second kappa shape index (κ2) is 15.1. The van der Waals surface area contributed by atoms with Gasteiger partial charge in [0.15, 0.2) is 0 Å². The van der Waals surface area contributed by atoms with Crippen molar-refractivity contribution in [3.8, 4) is 50.2 Å². The van der Waals surface area contributed by atoms with Crippen LogP contribution in [-0.4, -0.2) is 4.57 Å². The monoisotopic (exact) mass is 764 g/mol. The standard InChI is InChI=1S/C58H40N2/c1-5-17-41(18-6-1)50-37-34-48(39-55(50)42-19-7-2-8-20-42)59(49-35-38-54-53-27-15-16-28-56(53)60(57(54)40-49)46-24-11-4-12-25-46)47-32-29-44(30-33-47)52-36-31-43-21-13-14-26-51(43)58(52)45-22-9-3-10-23-45/h1-40H. The van der Waals surface area contributed by atoms with E-state index < -0.39 is 0 Å². The van der Waals surface area contributed by atoms with Gasteiger partial charge < -0.3 is 9.47 Å². The normalized spacial score (nSPS) is 11.3. The van der Waals surface area contributed by atoms with Crippen LogP contribution in [0, 0.1) is 0 Å². The molecule has 0 saturated carbocycles. The summed E-state index contributed by atoms with van der Waals surface area (Å²) in [5, 5.41) is 4.95.